The smallest absolute Gasteiger partial charge is 0.274 e. The summed E-state index contributed by atoms with van der Waals surface area (Å²) in [6, 6.07) is 7.41. The second-order valence-corrected chi connectivity index (χ2v) is 6.29. The van der Waals surface area contributed by atoms with Gasteiger partial charge in [-0.15, -0.1) is 0 Å². The second kappa shape index (κ2) is 8.12. The van der Waals surface area contributed by atoms with Gasteiger partial charge in [-0.1, -0.05) is 6.07 Å². The largest absolute Gasteiger partial charge is 0.339 e. The molecule has 0 saturated carbocycles. The average molecular weight is 388 g/mol. The molecule has 1 aliphatic heterocycles. The van der Waals surface area contributed by atoms with Crippen molar-refractivity contribution in [2.45, 2.75) is 6.92 Å². The summed E-state index contributed by atoms with van der Waals surface area (Å²) in [5.41, 5.74) is 0.134. The van der Waals surface area contributed by atoms with Crippen molar-refractivity contribution in [3.05, 3.63) is 59.4 Å². The van der Waals surface area contributed by atoms with Crippen LogP contribution in [0, 0.1) is 11.6 Å². The van der Waals surface area contributed by atoms with Crippen molar-refractivity contribution in [2.75, 3.05) is 31.5 Å². The molecule has 0 radical (unpaired) electrons. The molecule has 0 bridgehead atoms. The molecular formula is C19H18F2N4O3. The minimum absolute atomic E-state index is 0.0297. The number of carbonyl (C=O) groups is 3. The van der Waals surface area contributed by atoms with E-state index in [-0.39, 0.29) is 28.9 Å². The van der Waals surface area contributed by atoms with Gasteiger partial charge in [0.05, 0.1) is 0 Å². The van der Waals surface area contributed by atoms with Crippen molar-refractivity contribution in [3.63, 3.8) is 0 Å². The van der Waals surface area contributed by atoms with Gasteiger partial charge in [-0.3, -0.25) is 14.4 Å². The van der Waals surface area contributed by atoms with E-state index in [0.29, 0.717) is 26.2 Å². The summed E-state index contributed by atoms with van der Waals surface area (Å²) < 4.78 is 26.3. The highest BCUT2D eigenvalue weighted by Gasteiger charge is 2.24. The number of hydrogen-bond acceptors (Lipinski definition) is 4. The molecule has 28 heavy (non-hydrogen) atoms. The van der Waals surface area contributed by atoms with Crippen LogP contribution in [0.15, 0.2) is 36.4 Å². The number of carbonyl (C=O) groups excluding carboxylic acids is 3. The zero-order chi connectivity index (χ0) is 20.3. The molecule has 146 valence electrons. The van der Waals surface area contributed by atoms with Crippen LogP contribution in [0.1, 0.15) is 27.9 Å². The first-order valence-corrected chi connectivity index (χ1v) is 8.63. The van der Waals surface area contributed by atoms with E-state index in [9.17, 15) is 23.2 Å². The van der Waals surface area contributed by atoms with Gasteiger partial charge in [0.25, 0.3) is 11.8 Å². The molecule has 3 amide bonds. The Morgan fingerprint density at radius 3 is 2.21 bits per heavy atom. The number of nitrogens with zero attached hydrogens (tertiary/aromatic N) is 3. The van der Waals surface area contributed by atoms with Gasteiger partial charge in [-0.2, -0.15) is 0 Å². The van der Waals surface area contributed by atoms with Crippen LogP contribution in [0.3, 0.4) is 0 Å². The zero-order valence-electron chi connectivity index (χ0n) is 15.1. The number of aromatic nitrogens is 1. The molecule has 9 heteroatoms. The third kappa shape index (κ3) is 4.30. The van der Waals surface area contributed by atoms with Gasteiger partial charge in [-0.05, 0) is 24.3 Å². The van der Waals surface area contributed by atoms with E-state index in [1.165, 1.54) is 31.2 Å². The lowest BCUT2D eigenvalue weighted by Gasteiger charge is -2.34. The lowest BCUT2D eigenvalue weighted by Crippen LogP contribution is -2.50. The number of benzene rings is 1. The van der Waals surface area contributed by atoms with Gasteiger partial charge < -0.3 is 15.1 Å². The number of nitrogens with one attached hydrogen (secondary N) is 1. The van der Waals surface area contributed by atoms with Crippen molar-refractivity contribution >= 4 is 23.4 Å². The first-order chi connectivity index (χ1) is 13.3. The van der Waals surface area contributed by atoms with Gasteiger partial charge in [0.2, 0.25) is 5.91 Å². The van der Waals surface area contributed by atoms with E-state index in [2.05, 4.69) is 10.3 Å². The maximum atomic E-state index is 13.3. The topological polar surface area (TPSA) is 82.6 Å². The van der Waals surface area contributed by atoms with Crippen LogP contribution in [0.5, 0.6) is 0 Å². The van der Waals surface area contributed by atoms with E-state index in [0.717, 1.165) is 12.1 Å². The molecule has 1 saturated heterocycles. The molecule has 2 aromatic rings. The van der Waals surface area contributed by atoms with E-state index < -0.39 is 17.5 Å². The van der Waals surface area contributed by atoms with Crippen LogP contribution in [0.25, 0.3) is 0 Å². The maximum Gasteiger partial charge on any atom is 0.274 e. The van der Waals surface area contributed by atoms with E-state index in [1.54, 1.807) is 9.80 Å². The normalized spacial score (nSPS) is 14.0. The molecule has 1 aliphatic rings. The van der Waals surface area contributed by atoms with Crippen LogP contribution in [0.2, 0.25) is 0 Å². The fourth-order valence-electron chi connectivity index (χ4n) is 2.84. The van der Waals surface area contributed by atoms with Gasteiger partial charge in [0, 0.05) is 44.9 Å². The quantitative estimate of drug-likeness (QED) is 0.871. The Labute approximate surface area is 160 Å². The average Bonchev–Trinajstić information content (AvgIpc) is 2.70. The predicted octanol–water partition coefficient (Wildman–Crippen LogP) is 1.92. The Bertz CT molecular complexity index is 927. The van der Waals surface area contributed by atoms with Gasteiger partial charge in [0.15, 0.2) is 11.6 Å². The highest BCUT2D eigenvalue weighted by atomic mass is 19.2. The Kier molecular flexibility index (Phi) is 5.62. The van der Waals surface area contributed by atoms with Crippen LogP contribution in [-0.4, -0.2) is 58.7 Å². The minimum Gasteiger partial charge on any atom is -0.339 e. The molecule has 3 rings (SSSR count). The van der Waals surface area contributed by atoms with Gasteiger partial charge in [0.1, 0.15) is 11.4 Å². The summed E-state index contributed by atoms with van der Waals surface area (Å²) in [4.78, 5) is 43.6. The van der Waals surface area contributed by atoms with Gasteiger partial charge in [-0.25, -0.2) is 13.8 Å². The number of rotatable bonds is 3. The Morgan fingerprint density at radius 2 is 1.57 bits per heavy atom. The number of piperazine rings is 1. The summed E-state index contributed by atoms with van der Waals surface area (Å²) in [6.07, 6.45) is 0. The molecule has 0 spiro atoms. The molecule has 1 aromatic heterocycles. The molecule has 1 N–H and O–H groups in total. The highest BCUT2D eigenvalue weighted by Crippen LogP contribution is 2.14. The Balaban J connectivity index is 1.69. The van der Waals surface area contributed by atoms with Crippen molar-refractivity contribution in [1.82, 2.24) is 14.8 Å². The van der Waals surface area contributed by atoms with E-state index >= 15 is 0 Å². The van der Waals surface area contributed by atoms with Crippen LogP contribution < -0.4 is 5.32 Å². The van der Waals surface area contributed by atoms with E-state index in [4.69, 9.17) is 0 Å². The predicted molar refractivity (Wildman–Crippen MR) is 96.7 cm³/mol. The first kappa shape index (κ1) is 19.4. The second-order valence-electron chi connectivity index (χ2n) is 6.29. The maximum absolute atomic E-state index is 13.3. The van der Waals surface area contributed by atoms with Gasteiger partial charge >= 0.3 is 0 Å². The number of amides is 3. The molecule has 0 atom stereocenters. The number of hydrogen-bond donors (Lipinski definition) is 1. The first-order valence-electron chi connectivity index (χ1n) is 8.63. The summed E-state index contributed by atoms with van der Waals surface area (Å²) in [7, 11) is 0. The lowest BCUT2D eigenvalue weighted by atomic mass is 10.2. The summed E-state index contributed by atoms with van der Waals surface area (Å²) >= 11 is 0. The van der Waals surface area contributed by atoms with Crippen molar-refractivity contribution < 1.29 is 23.2 Å². The molecule has 0 unspecified atom stereocenters. The monoisotopic (exact) mass is 388 g/mol. The third-order valence-corrected chi connectivity index (χ3v) is 4.39. The van der Waals surface area contributed by atoms with Crippen LogP contribution in [-0.2, 0) is 4.79 Å². The van der Waals surface area contributed by atoms with Crippen molar-refractivity contribution in [2.24, 2.45) is 0 Å². The lowest BCUT2D eigenvalue weighted by molar-refractivity contribution is -0.130. The highest BCUT2D eigenvalue weighted by molar-refractivity contribution is 6.03. The zero-order valence-corrected chi connectivity index (χ0v) is 15.1. The van der Waals surface area contributed by atoms with Crippen LogP contribution >= 0.6 is 0 Å². The summed E-state index contributed by atoms with van der Waals surface area (Å²) in [6.45, 7) is 3.12. The number of pyridine rings is 1. The molecule has 7 nitrogen and oxygen atoms in total. The molecule has 1 aromatic carbocycles. The fourth-order valence-corrected chi connectivity index (χ4v) is 2.84. The molecular weight excluding hydrogens is 370 g/mol. The van der Waals surface area contributed by atoms with Crippen LogP contribution in [0.4, 0.5) is 14.5 Å². The molecule has 0 aliphatic carbocycles. The minimum atomic E-state index is -1.08. The summed E-state index contributed by atoms with van der Waals surface area (Å²) in [5, 5.41) is 2.41. The van der Waals surface area contributed by atoms with E-state index in [1.807, 2.05) is 0 Å². The van der Waals surface area contributed by atoms with Crippen molar-refractivity contribution in [1.29, 1.82) is 0 Å². The standard InChI is InChI=1S/C19H18F2N4O3/c1-12(26)24-7-9-25(10-8-24)19(28)17-4-2-3-16(23-17)18(27)22-13-5-6-14(20)15(21)11-13/h2-6,11H,7-10H2,1H3,(H,22,27). The molecule has 2 heterocycles. The Morgan fingerprint density at radius 1 is 0.929 bits per heavy atom. The number of halogens is 2. The number of anilines is 1. The SMILES string of the molecule is CC(=O)N1CCN(C(=O)c2cccc(C(=O)Nc3ccc(F)c(F)c3)n2)CC1. The fraction of sp³-hybridized carbons (Fsp3) is 0.263. The molecule has 1 fully saturated rings. The summed E-state index contributed by atoms with van der Waals surface area (Å²) in [5.74, 6) is -3.14. The Hall–Kier alpha value is -3.36. The third-order valence-electron chi connectivity index (χ3n) is 4.39. The van der Waals surface area contributed by atoms with Crippen molar-refractivity contribution in [3.8, 4) is 0 Å².